The van der Waals surface area contributed by atoms with Crippen LogP contribution in [0.3, 0.4) is 0 Å². The van der Waals surface area contributed by atoms with Crippen molar-refractivity contribution in [2.75, 3.05) is 5.32 Å². The summed E-state index contributed by atoms with van der Waals surface area (Å²) in [6, 6.07) is 2.80. The van der Waals surface area contributed by atoms with Crippen molar-refractivity contribution in [2.24, 2.45) is 5.92 Å². The summed E-state index contributed by atoms with van der Waals surface area (Å²) in [5.41, 5.74) is 0. The fourth-order valence-electron chi connectivity index (χ4n) is 1.03. The Balaban J connectivity index is 2.63. The van der Waals surface area contributed by atoms with Crippen molar-refractivity contribution >= 4 is 11.9 Å². The fourth-order valence-corrected chi connectivity index (χ4v) is 1.03. The SMILES string of the molecule is CC(C)[C@H](Nc1ccco1)C(=O)O. The molecule has 0 amide bonds. The van der Waals surface area contributed by atoms with Crippen molar-refractivity contribution in [3.63, 3.8) is 0 Å². The van der Waals surface area contributed by atoms with E-state index in [1.807, 2.05) is 13.8 Å². The summed E-state index contributed by atoms with van der Waals surface area (Å²) in [5.74, 6) is -0.366. The second-order valence-corrected chi connectivity index (χ2v) is 3.18. The Labute approximate surface area is 76.6 Å². The lowest BCUT2D eigenvalue weighted by Gasteiger charge is -2.16. The third-order valence-electron chi connectivity index (χ3n) is 1.75. The molecule has 0 aliphatic heterocycles. The van der Waals surface area contributed by atoms with Gasteiger partial charge in [-0.15, -0.1) is 0 Å². The van der Waals surface area contributed by atoms with Gasteiger partial charge in [0.15, 0.2) is 5.88 Å². The minimum absolute atomic E-state index is 0.0163. The maximum absolute atomic E-state index is 10.8. The number of carbonyl (C=O) groups is 1. The molecule has 0 saturated heterocycles. The molecule has 4 nitrogen and oxygen atoms in total. The van der Waals surface area contributed by atoms with Crippen molar-refractivity contribution in [1.82, 2.24) is 0 Å². The first-order chi connectivity index (χ1) is 6.11. The topological polar surface area (TPSA) is 62.5 Å². The molecule has 0 aromatic carbocycles. The number of carboxylic acids is 1. The van der Waals surface area contributed by atoms with E-state index in [2.05, 4.69) is 5.32 Å². The Morgan fingerprint density at radius 1 is 1.62 bits per heavy atom. The second kappa shape index (κ2) is 3.98. The molecule has 2 N–H and O–H groups in total. The Kier molecular flexibility index (Phi) is 2.95. The van der Waals surface area contributed by atoms with Gasteiger partial charge >= 0.3 is 5.97 Å². The number of hydrogen-bond acceptors (Lipinski definition) is 3. The van der Waals surface area contributed by atoms with Crippen LogP contribution in [0.1, 0.15) is 13.8 Å². The lowest BCUT2D eigenvalue weighted by atomic mass is 10.1. The van der Waals surface area contributed by atoms with Crippen molar-refractivity contribution in [2.45, 2.75) is 19.9 Å². The van der Waals surface area contributed by atoms with Crippen LogP contribution < -0.4 is 5.32 Å². The summed E-state index contributed by atoms with van der Waals surface area (Å²) in [7, 11) is 0. The number of aliphatic carboxylic acids is 1. The molecule has 72 valence electrons. The van der Waals surface area contributed by atoms with Crippen molar-refractivity contribution in [3.05, 3.63) is 18.4 Å². The van der Waals surface area contributed by atoms with E-state index >= 15 is 0 Å². The van der Waals surface area contributed by atoms with Crippen LogP contribution in [0.2, 0.25) is 0 Å². The number of anilines is 1. The van der Waals surface area contributed by atoms with E-state index in [1.165, 1.54) is 6.26 Å². The number of nitrogens with one attached hydrogen (secondary N) is 1. The minimum atomic E-state index is -0.869. The average molecular weight is 183 g/mol. The molecule has 0 bridgehead atoms. The second-order valence-electron chi connectivity index (χ2n) is 3.18. The lowest BCUT2D eigenvalue weighted by molar-refractivity contribution is -0.138. The van der Waals surface area contributed by atoms with Gasteiger partial charge in [-0.05, 0) is 12.0 Å². The molecule has 0 unspecified atom stereocenters. The van der Waals surface area contributed by atoms with Gasteiger partial charge < -0.3 is 14.8 Å². The summed E-state index contributed by atoms with van der Waals surface area (Å²) >= 11 is 0. The van der Waals surface area contributed by atoms with Gasteiger partial charge in [0.2, 0.25) is 0 Å². The standard InChI is InChI=1S/C9H13NO3/c1-6(2)8(9(11)12)10-7-4-3-5-13-7/h3-6,8,10H,1-2H3,(H,11,12)/t8-/m0/s1. The lowest BCUT2D eigenvalue weighted by Crippen LogP contribution is -2.34. The summed E-state index contributed by atoms with van der Waals surface area (Å²) < 4.78 is 4.99. The van der Waals surface area contributed by atoms with Crippen LogP contribution >= 0.6 is 0 Å². The molecule has 1 heterocycles. The van der Waals surface area contributed by atoms with Crippen LogP contribution in [0.15, 0.2) is 22.8 Å². The maximum Gasteiger partial charge on any atom is 0.326 e. The van der Waals surface area contributed by atoms with E-state index < -0.39 is 12.0 Å². The molecule has 4 heteroatoms. The molecule has 1 aromatic heterocycles. The molecular weight excluding hydrogens is 170 g/mol. The maximum atomic E-state index is 10.8. The van der Waals surface area contributed by atoms with Gasteiger partial charge in [-0.1, -0.05) is 13.8 Å². The van der Waals surface area contributed by atoms with E-state index in [9.17, 15) is 4.79 Å². The van der Waals surface area contributed by atoms with E-state index in [0.29, 0.717) is 5.88 Å². The Bertz CT molecular complexity index is 266. The predicted octanol–water partition coefficient (Wildman–Crippen LogP) is 1.80. The van der Waals surface area contributed by atoms with E-state index in [1.54, 1.807) is 12.1 Å². The molecule has 1 aromatic rings. The molecule has 0 saturated carbocycles. The minimum Gasteiger partial charge on any atom is -0.480 e. The molecule has 1 rings (SSSR count). The largest absolute Gasteiger partial charge is 0.480 e. The monoisotopic (exact) mass is 183 g/mol. The zero-order valence-electron chi connectivity index (χ0n) is 7.65. The fraction of sp³-hybridized carbons (Fsp3) is 0.444. The first-order valence-corrected chi connectivity index (χ1v) is 4.14. The highest BCUT2D eigenvalue weighted by Crippen LogP contribution is 2.12. The van der Waals surface area contributed by atoms with E-state index in [0.717, 1.165) is 0 Å². The molecule has 0 radical (unpaired) electrons. The van der Waals surface area contributed by atoms with Gasteiger partial charge in [0, 0.05) is 6.07 Å². The highest BCUT2D eigenvalue weighted by Gasteiger charge is 2.21. The van der Waals surface area contributed by atoms with Crippen LogP contribution in [0.25, 0.3) is 0 Å². The van der Waals surface area contributed by atoms with E-state index in [-0.39, 0.29) is 5.92 Å². The number of hydrogen-bond donors (Lipinski definition) is 2. The van der Waals surface area contributed by atoms with Gasteiger partial charge in [-0.25, -0.2) is 4.79 Å². The Hall–Kier alpha value is -1.45. The smallest absolute Gasteiger partial charge is 0.326 e. The molecular formula is C9H13NO3. The van der Waals surface area contributed by atoms with Crippen molar-refractivity contribution in [3.8, 4) is 0 Å². The number of carboxylic acid groups (broad SMARTS) is 1. The highest BCUT2D eigenvalue weighted by molar-refractivity contribution is 5.76. The molecule has 0 fully saturated rings. The Morgan fingerprint density at radius 2 is 2.31 bits per heavy atom. The summed E-state index contributed by atoms with van der Waals surface area (Å²) in [6.07, 6.45) is 1.50. The predicted molar refractivity (Wildman–Crippen MR) is 48.6 cm³/mol. The highest BCUT2D eigenvalue weighted by atomic mass is 16.4. The van der Waals surface area contributed by atoms with Gasteiger partial charge in [0.25, 0.3) is 0 Å². The van der Waals surface area contributed by atoms with Crippen molar-refractivity contribution < 1.29 is 14.3 Å². The molecule has 13 heavy (non-hydrogen) atoms. The summed E-state index contributed by atoms with van der Waals surface area (Å²) in [6.45, 7) is 3.68. The van der Waals surface area contributed by atoms with Gasteiger partial charge in [-0.3, -0.25) is 0 Å². The van der Waals surface area contributed by atoms with Crippen molar-refractivity contribution in [1.29, 1.82) is 0 Å². The number of furan rings is 1. The van der Waals surface area contributed by atoms with Crippen LogP contribution in [-0.4, -0.2) is 17.1 Å². The van der Waals surface area contributed by atoms with Crippen LogP contribution in [-0.2, 0) is 4.79 Å². The molecule has 0 spiro atoms. The third-order valence-corrected chi connectivity index (χ3v) is 1.75. The normalized spacial score (nSPS) is 12.8. The summed E-state index contributed by atoms with van der Waals surface area (Å²) in [4.78, 5) is 10.8. The first kappa shape index (κ1) is 9.64. The van der Waals surface area contributed by atoms with Gasteiger partial charge in [-0.2, -0.15) is 0 Å². The van der Waals surface area contributed by atoms with Crippen LogP contribution in [0, 0.1) is 5.92 Å². The quantitative estimate of drug-likeness (QED) is 0.747. The average Bonchev–Trinajstić information content (AvgIpc) is 2.50. The third kappa shape index (κ3) is 2.50. The molecule has 0 aliphatic rings. The molecule has 1 atom stereocenters. The summed E-state index contributed by atoms with van der Waals surface area (Å²) in [5, 5.41) is 11.6. The van der Waals surface area contributed by atoms with E-state index in [4.69, 9.17) is 9.52 Å². The zero-order chi connectivity index (χ0) is 9.84. The van der Waals surface area contributed by atoms with Gasteiger partial charge in [0.1, 0.15) is 6.04 Å². The van der Waals surface area contributed by atoms with Crippen LogP contribution in [0.4, 0.5) is 5.88 Å². The zero-order valence-corrected chi connectivity index (χ0v) is 7.65. The molecule has 0 aliphatic carbocycles. The Morgan fingerprint density at radius 3 is 2.69 bits per heavy atom. The first-order valence-electron chi connectivity index (χ1n) is 4.14. The van der Waals surface area contributed by atoms with Crippen LogP contribution in [0.5, 0.6) is 0 Å². The number of rotatable bonds is 4. The van der Waals surface area contributed by atoms with Gasteiger partial charge in [0.05, 0.1) is 6.26 Å².